The molecule has 0 bridgehead atoms. The van der Waals surface area contributed by atoms with Crippen LogP contribution in [-0.4, -0.2) is 29.1 Å². The molecule has 4 aromatic heterocycles. The van der Waals surface area contributed by atoms with Crippen LogP contribution in [0.25, 0.3) is 121 Å². The molecule has 65 heavy (non-hydrogen) atoms. The molecule has 13 rings (SSSR count). The summed E-state index contributed by atoms with van der Waals surface area (Å²) >= 11 is 1.76. The van der Waals surface area contributed by atoms with Gasteiger partial charge in [0.15, 0.2) is 17.5 Å². The summed E-state index contributed by atoms with van der Waals surface area (Å²) in [5.41, 5.74) is 14.1. The van der Waals surface area contributed by atoms with Gasteiger partial charge in [0, 0.05) is 60.7 Å². The molecule has 0 amide bonds. The van der Waals surface area contributed by atoms with Crippen molar-refractivity contribution in [2.75, 3.05) is 0 Å². The summed E-state index contributed by atoms with van der Waals surface area (Å²) in [5.74, 6) is 1.91. The molecule has 9 aromatic carbocycles. The van der Waals surface area contributed by atoms with Crippen LogP contribution in [-0.2, 0) is 0 Å². The van der Waals surface area contributed by atoms with Crippen LogP contribution in [0.15, 0.2) is 218 Å². The first-order chi connectivity index (χ1) is 32.2. The molecule has 0 saturated heterocycles. The van der Waals surface area contributed by atoms with E-state index in [1.165, 1.54) is 31.8 Å². The summed E-state index contributed by atoms with van der Waals surface area (Å²) in [7, 11) is 0. The van der Waals surface area contributed by atoms with E-state index in [1.54, 1.807) is 11.3 Å². The molecule has 7 heteroatoms. The Hall–Kier alpha value is -8.52. The van der Waals surface area contributed by atoms with Crippen molar-refractivity contribution >= 4 is 65.2 Å². The minimum absolute atomic E-state index is 0.627. The molecule has 0 N–H and O–H groups in total. The summed E-state index contributed by atoms with van der Waals surface area (Å²) in [6, 6.07) is 76.9. The Kier molecular flexibility index (Phi) is 8.60. The van der Waals surface area contributed by atoms with E-state index in [0.29, 0.717) is 17.5 Å². The van der Waals surface area contributed by atoms with E-state index in [0.717, 1.165) is 71.8 Å². The van der Waals surface area contributed by atoms with Gasteiger partial charge < -0.3 is 9.13 Å². The second kappa shape index (κ2) is 15.1. The molecule has 0 radical (unpaired) electrons. The van der Waals surface area contributed by atoms with Crippen molar-refractivity contribution in [1.82, 2.24) is 29.1 Å². The molecule has 4 heterocycles. The predicted molar refractivity (Wildman–Crippen MR) is 269 cm³/mol. The van der Waals surface area contributed by atoms with Crippen LogP contribution in [0, 0.1) is 0 Å². The van der Waals surface area contributed by atoms with Gasteiger partial charge in [-0.15, -0.1) is 11.3 Å². The fourth-order valence-corrected chi connectivity index (χ4v) is 10.5. The van der Waals surface area contributed by atoms with Crippen LogP contribution >= 0.6 is 11.3 Å². The highest BCUT2D eigenvalue weighted by atomic mass is 32.1. The Bertz CT molecular complexity index is 3860. The first kappa shape index (κ1) is 37.1. The number of aromatic nitrogens is 6. The lowest BCUT2D eigenvalue weighted by Gasteiger charge is -2.13. The van der Waals surface area contributed by atoms with Gasteiger partial charge in [-0.25, -0.2) is 19.9 Å². The molecule has 0 unspecified atom stereocenters. The Balaban J connectivity index is 0.985. The quantitative estimate of drug-likeness (QED) is 0.160. The van der Waals surface area contributed by atoms with Crippen molar-refractivity contribution in [2.24, 2.45) is 0 Å². The number of nitrogens with zero attached hydrogens (tertiary/aromatic N) is 6. The normalized spacial score (nSPS) is 11.7. The lowest BCUT2D eigenvalue weighted by molar-refractivity contribution is 1.07. The number of hydrogen-bond donors (Lipinski definition) is 0. The first-order valence-electron chi connectivity index (χ1n) is 21.7. The minimum atomic E-state index is 0.627. The molecule has 0 fully saturated rings. The van der Waals surface area contributed by atoms with Gasteiger partial charge in [0.05, 0.1) is 32.3 Å². The van der Waals surface area contributed by atoms with Gasteiger partial charge in [-0.05, 0) is 72.3 Å². The second-order valence-corrected chi connectivity index (χ2v) is 17.2. The van der Waals surface area contributed by atoms with Gasteiger partial charge >= 0.3 is 0 Å². The number of hydrogen-bond acceptors (Lipinski definition) is 5. The van der Waals surface area contributed by atoms with E-state index in [1.807, 2.05) is 60.7 Å². The lowest BCUT2D eigenvalue weighted by Crippen LogP contribution is -2.00. The number of rotatable bonds is 7. The Morgan fingerprint density at radius 1 is 0.323 bits per heavy atom. The van der Waals surface area contributed by atoms with Crippen LogP contribution in [0.2, 0.25) is 0 Å². The van der Waals surface area contributed by atoms with Crippen LogP contribution in [0.5, 0.6) is 0 Å². The number of thiazole rings is 1. The highest BCUT2D eigenvalue weighted by molar-refractivity contribution is 7.22. The highest BCUT2D eigenvalue weighted by Crippen LogP contribution is 2.44. The van der Waals surface area contributed by atoms with E-state index in [9.17, 15) is 0 Å². The van der Waals surface area contributed by atoms with Crippen molar-refractivity contribution in [1.29, 1.82) is 0 Å². The summed E-state index contributed by atoms with van der Waals surface area (Å²) in [6.07, 6.45) is 0. The van der Waals surface area contributed by atoms with Crippen LogP contribution in [0.4, 0.5) is 0 Å². The fraction of sp³-hybridized carbons (Fsp3) is 0. The van der Waals surface area contributed by atoms with Crippen molar-refractivity contribution in [3.63, 3.8) is 0 Å². The largest absolute Gasteiger partial charge is 0.309 e. The molecule has 304 valence electrons. The van der Waals surface area contributed by atoms with Crippen molar-refractivity contribution < 1.29 is 0 Å². The van der Waals surface area contributed by atoms with E-state index >= 15 is 0 Å². The van der Waals surface area contributed by atoms with E-state index in [2.05, 4.69) is 167 Å². The van der Waals surface area contributed by atoms with Gasteiger partial charge in [-0.2, -0.15) is 0 Å². The Labute approximate surface area is 378 Å². The summed E-state index contributed by atoms with van der Waals surface area (Å²) in [5, 5.41) is 5.83. The van der Waals surface area contributed by atoms with Crippen molar-refractivity contribution in [3.8, 4) is 67.2 Å². The maximum Gasteiger partial charge on any atom is 0.164 e. The standard InChI is InChI=1S/C58H36N6S/c1-5-16-37(17-6-1)55-60-56(38-18-7-2-8-19-38)62-57(61-55)39-28-31-43(32-29-39)63-50-27-14-13-24-45(50)46-26-15-25-44(52(46)63)41-30-35-51-48(36-41)47-33-34-49-54(53(47)64(51)42-22-11-4-12-23-42)65-58(59-49)40-20-9-3-10-21-40/h1-36H. The average Bonchev–Trinajstić information content (AvgIpc) is 4.08. The maximum absolute atomic E-state index is 5.14. The second-order valence-electron chi connectivity index (χ2n) is 16.2. The van der Waals surface area contributed by atoms with Crippen molar-refractivity contribution in [3.05, 3.63) is 218 Å². The third kappa shape index (κ3) is 6.16. The zero-order valence-corrected chi connectivity index (χ0v) is 35.7. The topological polar surface area (TPSA) is 61.4 Å². The van der Waals surface area contributed by atoms with Crippen LogP contribution in [0.3, 0.4) is 0 Å². The summed E-state index contributed by atoms with van der Waals surface area (Å²) in [6.45, 7) is 0. The van der Waals surface area contributed by atoms with E-state index in [-0.39, 0.29) is 0 Å². The van der Waals surface area contributed by atoms with Crippen LogP contribution in [0.1, 0.15) is 0 Å². The highest BCUT2D eigenvalue weighted by Gasteiger charge is 2.22. The number of para-hydroxylation sites is 3. The molecule has 0 aliphatic rings. The maximum atomic E-state index is 5.14. The minimum Gasteiger partial charge on any atom is -0.309 e. The molecule has 13 aromatic rings. The number of benzene rings is 9. The fourth-order valence-electron chi connectivity index (χ4n) is 9.42. The molecule has 0 aliphatic heterocycles. The predicted octanol–water partition coefficient (Wildman–Crippen LogP) is 15.0. The molecule has 0 spiro atoms. The average molecular weight is 849 g/mol. The first-order valence-corrected chi connectivity index (χ1v) is 22.5. The third-order valence-corrected chi connectivity index (χ3v) is 13.5. The van der Waals surface area contributed by atoms with Gasteiger partial charge in [0.2, 0.25) is 0 Å². The summed E-state index contributed by atoms with van der Waals surface area (Å²) in [4.78, 5) is 20.1. The molecular weight excluding hydrogens is 813 g/mol. The molecule has 6 nitrogen and oxygen atoms in total. The van der Waals surface area contributed by atoms with E-state index < -0.39 is 0 Å². The van der Waals surface area contributed by atoms with Gasteiger partial charge in [0.25, 0.3) is 0 Å². The monoisotopic (exact) mass is 848 g/mol. The molecule has 0 saturated carbocycles. The Morgan fingerprint density at radius 3 is 1.51 bits per heavy atom. The molecular formula is C58H36N6S. The zero-order valence-electron chi connectivity index (χ0n) is 34.9. The SMILES string of the molecule is c1ccc(-c2nc(-c3ccccc3)nc(-c3ccc(-n4c5ccccc5c5cccc(-c6ccc7c(c6)c6ccc8nc(-c9ccccc9)sc8c6n7-c6ccccc6)c54)cc3)n2)cc1. The van der Waals surface area contributed by atoms with Gasteiger partial charge in [0.1, 0.15) is 5.01 Å². The Morgan fingerprint density at radius 2 is 0.831 bits per heavy atom. The smallest absolute Gasteiger partial charge is 0.164 e. The van der Waals surface area contributed by atoms with Crippen molar-refractivity contribution in [2.45, 2.75) is 0 Å². The van der Waals surface area contributed by atoms with Gasteiger partial charge in [-0.1, -0.05) is 152 Å². The molecule has 0 atom stereocenters. The zero-order chi connectivity index (χ0) is 42.8. The van der Waals surface area contributed by atoms with Crippen LogP contribution < -0.4 is 0 Å². The molecule has 0 aliphatic carbocycles. The van der Waals surface area contributed by atoms with E-state index in [4.69, 9.17) is 19.9 Å². The number of fused-ring (bicyclic) bond motifs is 8. The van der Waals surface area contributed by atoms with Gasteiger partial charge in [-0.3, -0.25) is 0 Å². The summed E-state index contributed by atoms with van der Waals surface area (Å²) < 4.78 is 6.00. The third-order valence-electron chi connectivity index (χ3n) is 12.4. The lowest BCUT2D eigenvalue weighted by atomic mass is 9.99.